The van der Waals surface area contributed by atoms with E-state index in [1.807, 2.05) is 12.1 Å². The van der Waals surface area contributed by atoms with Crippen LogP contribution in [-0.4, -0.2) is 78.2 Å². The largest absolute Gasteiger partial charge is 0.508 e. The topological polar surface area (TPSA) is 190 Å². The number of ether oxygens (including phenoxy) is 3. The summed E-state index contributed by atoms with van der Waals surface area (Å²) < 4.78 is 18.1. The van der Waals surface area contributed by atoms with Gasteiger partial charge in [-0.25, -0.2) is 0 Å². The first-order chi connectivity index (χ1) is 21.6. The Morgan fingerprint density at radius 2 is 1.29 bits per heavy atom. The third kappa shape index (κ3) is 6.21. The van der Waals surface area contributed by atoms with Crippen LogP contribution >= 0.6 is 0 Å². The van der Waals surface area contributed by atoms with Gasteiger partial charge >= 0.3 is 0 Å². The van der Waals surface area contributed by atoms with E-state index in [2.05, 4.69) is 0 Å². The summed E-state index contributed by atoms with van der Waals surface area (Å²) in [5.41, 5.74) is 3.78. The Morgan fingerprint density at radius 3 is 1.93 bits per heavy atom. The molecule has 0 spiro atoms. The number of aryl methyl sites for hydroxylation is 2. The first kappa shape index (κ1) is 30.5. The fraction of sp³-hybridized carbons (Fsp3) is 0.294. The van der Waals surface area contributed by atoms with Crippen molar-refractivity contribution in [2.24, 2.45) is 0 Å². The lowest BCUT2D eigenvalue weighted by Gasteiger charge is -2.39. The van der Waals surface area contributed by atoms with Gasteiger partial charge in [-0.1, -0.05) is 24.3 Å². The molecule has 236 valence electrons. The van der Waals surface area contributed by atoms with Gasteiger partial charge in [0.05, 0.1) is 12.5 Å². The Balaban J connectivity index is 1.44. The van der Waals surface area contributed by atoms with Gasteiger partial charge in [0.15, 0.2) is 0 Å². The van der Waals surface area contributed by atoms with Gasteiger partial charge in [0.25, 0.3) is 0 Å². The number of fused-ring (bicyclic) bond motifs is 1. The SMILES string of the molecule is OC[C@@H]1O[C@H](Oc2cc(CCc3ccc(O)cc3)c3c(c2)O[C@@H](c2ccc(O)cc2)[C@@H]3c2cc(O)cc(O)c2)[C@@H](O)[C@H](O)[C@H]1O. The number of benzene rings is 4. The highest BCUT2D eigenvalue weighted by Crippen LogP contribution is 2.53. The molecular formula is C34H34O11. The molecule has 11 nitrogen and oxygen atoms in total. The smallest absolute Gasteiger partial charge is 0.229 e. The minimum absolute atomic E-state index is 0.0746. The molecule has 2 aliphatic rings. The highest BCUT2D eigenvalue weighted by Gasteiger charge is 2.45. The summed E-state index contributed by atoms with van der Waals surface area (Å²) in [6, 6.07) is 21.0. The van der Waals surface area contributed by atoms with Crippen LogP contribution in [0, 0.1) is 0 Å². The van der Waals surface area contributed by atoms with Crippen molar-refractivity contribution < 1.29 is 55.1 Å². The zero-order valence-electron chi connectivity index (χ0n) is 24.0. The van der Waals surface area contributed by atoms with E-state index in [1.165, 1.54) is 18.2 Å². The van der Waals surface area contributed by atoms with Crippen LogP contribution in [0.15, 0.2) is 78.9 Å². The Labute approximate surface area is 258 Å². The van der Waals surface area contributed by atoms with Crippen LogP contribution < -0.4 is 9.47 Å². The van der Waals surface area contributed by atoms with Gasteiger partial charge in [-0.2, -0.15) is 0 Å². The van der Waals surface area contributed by atoms with Gasteiger partial charge in [-0.3, -0.25) is 0 Å². The van der Waals surface area contributed by atoms with E-state index in [1.54, 1.807) is 48.5 Å². The molecule has 0 aliphatic carbocycles. The number of aromatic hydroxyl groups is 4. The summed E-state index contributed by atoms with van der Waals surface area (Å²) in [6.07, 6.45) is -6.99. The second kappa shape index (κ2) is 12.5. The molecule has 0 bridgehead atoms. The molecule has 11 heteroatoms. The predicted octanol–water partition coefficient (Wildman–Crippen LogP) is 2.74. The Kier molecular flexibility index (Phi) is 8.45. The molecule has 0 aromatic heterocycles. The predicted molar refractivity (Wildman–Crippen MR) is 159 cm³/mol. The zero-order chi connectivity index (χ0) is 31.8. The first-order valence-corrected chi connectivity index (χ1v) is 14.5. The van der Waals surface area contributed by atoms with Crippen LogP contribution in [0.3, 0.4) is 0 Å². The van der Waals surface area contributed by atoms with Gasteiger partial charge in [-0.15, -0.1) is 0 Å². The maximum Gasteiger partial charge on any atom is 0.229 e. The van der Waals surface area contributed by atoms with Crippen LogP contribution in [0.5, 0.6) is 34.5 Å². The maximum atomic E-state index is 10.6. The van der Waals surface area contributed by atoms with Crippen LogP contribution in [0.4, 0.5) is 0 Å². The monoisotopic (exact) mass is 618 g/mol. The fourth-order valence-corrected chi connectivity index (χ4v) is 6.04. The summed E-state index contributed by atoms with van der Waals surface area (Å²) in [4.78, 5) is 0. The fourth-order valence-electron chi connectivity index (χ4n) is 6.04. The molecule has 8 N–H and O–H groups in total. The molecule has 45 heavy (non-hydrogen) atoms. The van der Waals surface area contributed by atoms with Crippen molar-refractivity contribution in [3.05, 3.63) is 107 Å². The molecule has 1 fully saturated rings. The Bertz CT molecular complexity index is 1620. The number of hydrogen-bond donors (Lipinski definition) is 8. The minimum atomic E-state index is -1.62. The highest BCUT2D eigenvalue weighted by molar-refractivity contribution is 5.58. The Morgan fingerprint density at radius 1 is 0.644 bits per heavy atom. The van der Waals surface area contributed by atoms with E-state index in [4.69, 9.17) is 14.2 Å². The summed E-state index contributed by atoms with van der Waals surface area (Å²) in [7, 11) is 0. The van der Waals surface area contributed by atoms with E-state index < -0.39 is 49.3 Å². The molecule has 0 unspecified atom stereocenters. The van der Waals surface area contributed by atoms with Crippen LogP contribution in [0.1, 0.15) is 39.8 Å². The van der Waals surface area contributed by atoms with E-state index >= 15 is 0 Å². The lowest BCUT2D eigenvalue weighted by atomic mass is 9.81. The highest BCUT2D eigenvalue weighted by atomic mass is 16.7. The lowest BCUT2D eigenvalue weighted by molar-refractivity contribution is -0.277. The van der Waals surface area contributed by atoms with Crippen molar-refractivity contribution in [2.75, 3.05) is 6.61 Å². The van der Waals surface area contributed by atoms with Gasteiger partial charge in [0, 0.05) is 17.7 Å². The van der Waals surface area contributed by atoms with Crippen LogP contribution in [-0.2, 0) is 17.6 Å². The molecule has 4 aromatic rings. The maximum absolute atomic E-state index is 10.6. The number of aliphatic hydroxyl groups excluding tert-OH is 4. The van der Waals surface area contributed by atoms with Crippen molar-refractivity contribution in [1.29, 1.82) is 0 Å². The molecule has 7 atom stereocenters. The van der Waals surface area contributed by atoms with Gasteiger partial charge < -0.3 is 55.1 Å². The molecule has 0 saturated carbocycles. The van der Waals surface area contributed by atoms with Crippen molar-refractivity contribution in [3.63, 3.8) is 0 Å². The third-order valence-electron chi connectivity index (χ3n) is 8.29. The normalized spacial score (nSPS) is 25.8. The zero-order valence-corrected chi connectivity index (χ0v) is 24.0. The minimum Gasteiger partial charge on any atom is -0.508 e. The quantitative estimate of drug-likeness (QED) is 0.145. The van der Waals surface area contributed by atoms with E-state index in [9.17, 15) is 40.9 Å². The average Bonchev–Trinajstić information content (AvgIpc) is 3.40. The number of rotatable bonds is 8. The summed E-state index contributed by atoms with van der Waals surface area (Å²) in [5.74, 6) is 0.0892. The van der Waals surface area contributed by atoms with Crippen molar-refractivity contribution in [1.82, 2.24) is 0 Å². The van der Waals surface area contributed by atoms with Crippen molar-refractivity contribution in [3.8, 4) is 34.5 Å². The number of phenols is 4. The number of phenolic OH excluding ortho intramolecular Hbond substituents is 4. The number of hydrogen-bond acceptors (Lipinski definition) is 11. The molecule has 0 amide bonds. The first-order valence-electron chi connectivity index (χ1n) is 14.5. The summed E-state index contributed by atoms with van der Waals surface area (Å²) in [6.45, 7) is -0.608. The van der Waals surface area contributed by atoms with E-state index in [0.29, 0.717) is 24.2 Å². The number of aliphatic hydroxyl groups is 4. The molecule has 2 heterocycles. The Hall–Kier alpha value is -4.52. The lowest BCUT2D eigenvalue weighted by Crippen LogP contribution is -2.60. The summed E-state index contributed by atoms with van der Waals surface area (Å²) >= 11 is 0. The second-order valence-electron chi connectivity index (χ2n) is 11.4. The van der Waals surface area contributed by atoms with E-state index in [0.717, 1.165) is 22.3 Å². The van der Waals surface area contributed by atoms with Crippen LogP contribution in [0.25, 0.3) is 0 Å². The summed E-state index contributed by atoms with van der Waals surface area (Å²) in [5, 5.41) is 81.2. The molecule has 4 aromatic carbocycles. The molecule has 2 aliphatic heterocycles. The van der Waals surface area contributed by atoms with Crippen LogP contribution in [0.2, 0.25) is 0 Å². The molecule has 0 radical (unpaired) electrons. The second-order valence-corrected chi connectivity index (χ2v) is 11.4. The van der Waals surface area contributed by atoms with Gasteiger partial charge in [0.1, 0.15) is 65.0 Å². The average molecular weight is 619 g/mol. The van der Waals surface area contributed by atoms with Crippen molar-refractivity contribution >= 4 is 0 Å². The molecule has 1 saturated heterocycles. The standard InChI is InChI=1S/C34H34O11/c35-16-27-30(40)31(41)32(42)34(45-27)43-25-13-19(4-1-17-2-7-21(36)8-3-17)28-26(15-25)44-33(18-5-9-22(37)10-6-18)29(28)20-11-23(38)14-24(39)12-20/h2-3,5-15,27,29-42H,1,4,16H2/t27-,29+,30-,31+,32-,33-,34-/m0/s1. The van der Waals surface area contributed by atoms with Gasteiger partial charge in [-0.05, 0) is 77.6 Å². The van der Waals surface area contributed by atoms with E-state index in [-0.39, 0.29) is 28.7 Å². The van der Waals surface area contributed by atoms with Crippen molar-refractivity contribution in [2.45, 2.75) is 55.6 Å². The molecular weight excluding hydrogens is 584 g/mol. The molecule has 6 rings (SSSR count). The third-order valence-corrected chi connectivity index (χ3v) is 8.29. The van der Waals surface area contributed by atoms with Gasteiger partial charge in [0.2, 0.25) is 6.29 Å².